The van der Waals surface area contributed by atoms with E-state index in [1.165, 1.54) is 7.11 Å². The second-order valence-electron chi connectivity index (χ2n) is 4.93. The first-order valence-corrected chi connectivity index (χ1v) is 7.89. The Labute approximate surface area is 146 Å². The van der Waals surface area contributed by atoms with Crippen molar-refractivity contribution in [2.45, 2.75) is 6.42 Å². The summed E-state index contributed by atoms with van der Waals surface area (Å²) < 4.78 is 37.7. The maximum Gasteiger partial charge on any atom is 0.254 e. The number of carbonyl (C=O) groups is 1. The highest BCUT2D eigenvalue weighted by Crippen LogP contribution is 2.33. The predicted octanol–water partition coefficient (Wildman–Crippen LogP) is 3.72. The van der Waals surface area contributed by atoms with Crippen LogP contribution in [0.5, 0.6) is 11.5 Å². The molecule has 0 aliphatic carbocycles. The van der Waals surface area contributed by atoms with E-state index in [1.54, 1.807) is 19.2 Å². The number of carbonyl (C=O) groups excluding carboxylic acids is 1. The van der Waals surface area contributed by atoms with Gasteiger partial charge in [-0.3, -0.25) is 4.79 Å². The molecule has 0 heterocycles. The molecule has 2 rings (SSSR count). The molecule has 0 saturated heterocycles. The molecule has 0 aliphatic heterocycles. The highest BCUT2D eigenvalue weighted by molar-refractivity contribution is 9.10. The van der Waals surface area contributed by atoms with Gasteiger partial charge in [-0.15, -0.1) is 0 Å². The van der Waals surface area contributed by atoms with Gasteiger partial charge in [0.1, 0.15) is 11.6 Å². The third kappa shape index (κ3) is 4.23. The molecule has 0 fully saturated rings. The minimum atomic E-state index is -0.889. The summed E-state index contributed by atoms with van der Waals surface area (Å²) in [5.74, 6) is -1.04. The van der Waals surface area contributed by atoms with Gasteiger partial charge in [0.25, 0.3) is 5.91 Å². The van der Waals surface area contributed by atoms with Crippen LogP contribution in [-0.4, -0.2) is 26.7 Å². The second-order valence-corrected chi connectivity index (χ2v) is 5.78. The summed E-state index contributed by atoms with van der Waals surface area (Å²) in [7, 11) is 3.08. The molecule has 4 nitrogen and oxygen atoms in total. The van der Waals surface area contributed by atoms with Gasteiger partial charge in [0.05, 0.1) is 19.8 Å². The van der Waals surface area contributed by atoms with E-state index in [9.17, 15) is 13.6 Å². The predicted molar refractivity (Wildman–Crippen MR) is 89.6 cm³/mol. The number of nitrogens with one attached hydrogen (secondary N) is 1. The highest BCUT2D eigenvalue weighted by Gasteiger charge is 2.13. The number of benzene rings is 2. The van der Waals surface area contributed by atoms with Gasteiger partial charge in [-0.05, 0) is 36.2 Å². The smallest absolute Gasteiger partial charge is 0.254 e. The van der Waals surface area contributed by atoms with Crippen molar-refractivity contribution in [3.63, 3.8) is 0 Å². The van der Waals surface area contributed by atoms with Crippen LogP contribution >= 0.6 is 15.9 Å². The van der Waals surface area contributed by atoms with Crippen molar-refractivity contribution < 1.29 is 23.0 Å². The lowest BCUT2D eigenvalue weighted by molar-refractivity contribution is 0.0950. The molecule has 0 aromatic heterocycles. The Morgan fingerprint density at radius 2 is 1.79 bits per heavy atom. The third-order valence-corrected chi connectivity index (χ3v) is 4.15. The van der Waals surface area contributed by atoms with Gasteiger partial charge < -0.3 is 14.8 Å². The van der Waals surface area contributed by atoms with Crippen molar-refractivity contribution in [1.82, 2.24) is 5.32 Å². The lowest BCUT2D eigenvalue weighted by Gasteiger charge is -2.12. The number of hydrogen-bond donors (Lipinski definition) is 1. The number of methoxy groups -OCH3 is 2. The van der Waals surface area contributed by atoms with Crippen molar-refractivity contribution in [3.05, 3.63) is 57.6 Å². The van der Waals surface area contributed by atoms with E-state index in [4.69, 9.17) is 9.47 Å². The zero-order chi connectivity index (χ0) is 17.7. The molecule has 2 aromatic carbocycles. The molecular weight excluding hydrogens is 384 g/mol. The molecular formula is C17H16BrF2NO3. The van der Waals surface area contributed by atoms with Gasteiger partial charge in [0.15, 0.2) is 11.5 Å². The Kier molecular flexibility index (Phi) is 6.14. The van der Waals surface area contributed by atoms with Crippen LogP contribution in [0.2, 0.25) is 0 Å². The molecule has 0 bridgehead atoms. The number of halogens is 3. The van der Waals surface area contributed by atoms with Crippen LogP contribution in [0, 0.1) is 11.6 Å². The molecule has 0 spiro atoms. The summed E-state index contributed by atoms with van der Waals surface area (Å²) in [6.45, 7) is 0.281. The molecule has 0 unspecified atom stereocenters. The minimum absolute atomic E-state index is 0.192. The van der Waals surface area contributed by atoms with Crippen molar-refractivity contribution in [1.29, 1.82) is 0 Å². The normalized spacial score (nSPS) is 10.4. The van der Waals surface area contributed by atoms with E-state index in [0.29, 0.717) is 24.0 Å². The monoisotopic (exact) mass is 399 g/mol. The Morgan fingerprint density at radius 3 is 2.42 bits per heavy atom. The van der Waals surface area contributed by atoms with Crippen LogP contribution in [0.1, 0.15) is 15.9 Å². The van der Waals surface area contributed by atoms with E-state index in [-0.39, 0.29) is 12.1 Å². The van der Waals surface area contributed by atoms with E-state index >= 15 is 0 Å². The first-order valence-electron chi connectivity index (χ1n) is 7.10. The largest absolute Gasteiger partial charge is 0.493 e. The van der Waals surface area contributed by atoms with Gasteiger partial charge >= 0.3 is 0 Å². The molecule has 0 saturated carbocycles. The molecule has 0 aliphatic rings. The molecule has 2 aromatic rings. The SMILES string of the molecule is COc1cc(Br)c(CCNC(=O)c2ccc(F)cc2F)cc1OC. The van der Waals surface area contributed by atoms with E-state index in [2.05, 4.69) is 21.2 Å². The maximum atomic E-state index is 13.6. The fraction of sp³-hybridized carbons (Fsp3) is 0.235. The first kappa shape index (κ1) is 18.2. The maximum absolute atomic E-state index is 13.6. The lowest BCUT2D eigenvalue weighted by Crippen LogP contribution is -2.26. The topological polar surface area (TPSA) is 47.6 Å². The fourth-order valence-corrected chi connectivity index (χ4v) is 2.69. The summed E-state index contributed by atoms with van der Waals surface area (Å²) in [5, 5.41) is 2.61. The molecule has 1 N–H and O–H groups in total. The van der Waals surface area contributed by atoms with Crippen LogP contribution in [0.3, 0.4) is 0 Å². The number of hydrogen-bond acceptors (Lipinski definition) is 3. The van der Waals surface area contributed by atoms with Gasteiger partial charge in [-0.1, -0.05) is 15.9 Å². The third-order valence-electron chi connectivity index (χ3n) is 3.41. The Bertz CT molecular complexity index is 753. The van der Waals surface area contributed by atoms with Gasteiger partial charge in [-0.2, -0.15) is 0 Å². The zero-order valence-electron chi connectivity index (χ0n) is 13.2. The summed E-state index contributed by atoms with van der Waals surface area (Å²) in [4.78, 5) is 11.9. The fourth-order valence-electron chi connectivity index (χ4n) is 2.17. The molecule has 1 amide bonds. The number of amides is 1. The number of rotatable bonds is 6. The lowest BCUT2D eigenvalue weighted by atomic mass is 10.1. The Balaban J connectivity index is 2.02. The van der Waals surface area contributed by atoms with Crippen LogP contribution in [0.15, 0.2) is 34.8 Å². The van der Waals surface area contributed by atoms with Crippen LogP contribution in [0.25, 0.3) is 0 Å². The minimum Gasteiger partial charge on any atom is -0.493 e. The van der Waals surface area contributed by atoms with E-state index in [1.807, 2.05) is 0 Å². The van der Waals surface area contributed by atoms with Crippen molar-refractivity contribution in [3.8, 4) is 11.5 Å². The molecule has 128 valence electrons. The summed E-state index contributed by atoms with van der Waals surface area (Å²) in [6, 6.07) is 6.41. The van der Waals surface area contributed by atoms with Gasteiger partial charge in [0, 0.05) is 17.1 Å². The second kappa shape index (κ2) is 8.10. The quantitative estimate of drug-likeness (QED) is 0.804. The van der Waals surface area contributed by atoms with Crippen LogP contribution in [-0.2, 0) is 6.42 Å². The molecule has 24 heavy (non-hydrogen) atoms. The number of ether oxygens (including phenoxy) is 2. The van der Waals surface area contributed by atoms with Crippen molar-refractivity contribution in [2.24, 2.45) is 0 Å². The van der Waals surface area contributed by atoms with E-state index < -0.39 is 17.5 Å². The average molecular weight is 400 g/mol. The molecule has 0 atom stereocenters. The summed E-state index contributed by atoms with van der Waals surface area (Å²) >= 11 is 3.43. The van der Waals surface area contributed by atoms with Crippen LogP contribution in [0.4, 0.5) is 8.78 Å². The average Bonchev–Trinajstić information content (AvgIpc) is 2.55. The van der Waals surface area contributed by atoms with E-state index in [0.717, 1.165) is 22.2 Å². The summed E-state index contributed by atoms with van der Waals surface area (Å²) in [6.07, 6.45) is 0.496. The van der Waals surface area contributed by atoms with Crippen LogP contribution < -0.4 is 14.8 Å². The van der Waals surface area contributed by atoms with Crippen molar-refractivity contribution >= 4 is 21.8 Å². The molecule has 0 radical (unpaired) electrons. The highest BCUT2D eigenvalue weighted by atomic mass is 79.9. The summed E-state index contributed by atoms with van der Waals surface area (Å²) in [5.41, 5.74) is 0.704. The standard InChI is InChI=1S/C17H16BrF2NO3/c1-23-15-7-10(13(18)9-16(15)24-2)5-6-21-17(22)12-4-3-11(19)8-14(12)20/h3-4,7-9H,5-6H2,1-2H3,(H,21,22). The Morgan fingerprint density at radius 1 is 1.12 bits per heavy atom. The first-order chi connectivity index (χ1) is 11.5. The zero-order valence-corrected chi connectivity index (χ0v) is 14.7. The Hall–Kier alpha value is -2.15. The van der Waals surface area contributed by atoms with Gasteiger partial charge in [0.2, 0.25) is 0 Å². The van der Waals surface area contributed by atoms with Gasteiger partial charge in [-0.25, -0.2) is 8.78 Å². The van der Waals surface area contributed by atoms with Crippen molar-refractivity contribution in [2.75, 3.05) is 20.8 Å². The molecule has 7 heteroatoms.